The third-order valence-corrected chi connectivity index (χ3v) is 4.61. The number of aryl methyl sites for hydroxylation is 1. The van der Waals surface area contributed by atoms with E-state index >= 15 is 0 Å². The average Bonchev–Trinajstić information content (AvgIpc) is 2.58. The van der Waals surface area contributed by atoms with E-state index in [1.165, 1.54) is 6.20 Å². The van der Waals surface area contributed by atoms with Gasteiger partial charge in [0.2, 0.25) is 0 Å². The van der Waals surface area contributed by atoms with E-state index in [0.29, 0.717) is 19.6 Å². The summed E-state index contributed by atoms with van der Waals surface area (Å²) in [4.78, 5) is 16.4. The van der Waals surface area contributed by atoms with Crippen LogP contribution in [0.3, 0.4) is 0 Å². The largest absolute Gasteiger partial charge is 0.359 e. The van der Waals surface area contributed by atoms with Gasteiger partial charge in [0.1, 0.15) is 11.6 Å². The van der Waals surface area contributed by atoms with E-state index in [4.69, 9.17) is 5.73 Å². The lowest BCUT2D eigenvalue weighted by Gasteiger charge is -2.34. The van der Waals surface area contributed by atoms with Gasteiger partial charge in [-0.05, 0) is 40.5 Å². The van der Waals surface area contributed by atoms with Gasteiger partial charge in [-0.3, -0.25) is 9.69 Å². The number of hydrogen-bond donors (Lipinski definition) is 2. The van der Waals surface area contributed by atoms with Crippen LogP contribution in [0.5, 0.6) is 0 Å². The predicted molar refractivity (Wildman–Crippen MR) is 98.3 cm³/mol. The number of nitrogens with one attached hydrogen (secondary N) is 1. The normalized spacial score (nSPS) is 15.9. The molecule has 0 aromatic heterocycles. The molecule has 1 saturated heterocycles. The first-order valence-electron chi connectivity index (χ1n) is 7.90. The number of carbonyl (C=O) groups excluding carboxylic acids is 1. The maximum absolute atomic E-state index is 12.5. The first kappa shape index (κ1) is 18.5. The minimum Gasteiger partial charge on any atom is -0.359 e. The predicted octanol–water partition coefficient (Wildman–Crippen LogP) is 1.68. The Morgan fingerprint density at radius 3 is 2.71 bits per heavy atom. The van der Waals surface area contributed by atoms with Crippen LogP contribution in [0, 0.1) is 18.3 Å². The van der Waals surface area contributed by atoms with E-state index in [0.717, 1.165) is 35.4 Å². The lowest BCUT2D eigenvalue weighted by molar-refractivity contribution is -0.128. The van der Waals surface area contributed by atoms with Gasteiger partial charge in [0, 0.05) is 49.9 Å². The van der Waals surface area contributed by atoms with Crippen molar-refractivity contribution in [1.82, 2.24) is 9.80 Å². The Bertz CT molecular complexity index is 659. The van der Waals surface area contributed by atoms with Crippen molar-refractivity contribution in [3.63, 3.8) is 0 Å². The number of piperazine rings is 1. The molecule has 1 heterocycles. The van der Waals surface area contributed by atoms with E-state index in [1.807, 2.05) is 31.2 Å². The fraction of sp³-hybridized carbons (Fsp3) is 0.412. The highest BCUT2D eigenvalue weighted by atomic mass is 79.9. The fourth-order valence-corrected chi connectivity index (χ4v) is 3.16. The van der Waals surface area contributed by atoms with Crippen LogP contribution in [0.1, 0.15) is 5.56 Å². The Kier molecular flexibility index (Phi) is 6.79. The van der Waals surface area contributed by atoms with Gasteiger partial charge in [0.25, 0.3) is 5.91 Å². The minimum atomic E-state index is -0.236. The molecular weight excluding hydrogens is 370 g/mol. The fourth-order valence-electron chi connectivity index (χ4n) is 2.56. The Hall–Kier alpha value is -1.88. The topological polar surface area (TPSA) is 85.4 Å². The van der Waals surface area contributed by atoms with Gasteiger partial charge in [-0.15, -0.1) is 0 Å². The van der Waals surface area contributed by atoms with E-state index in [-0.39, 0.29) is 11.5 Å². The third kappa shape index (κ3) is 4.81. The molecule has 0 saturated carbocycles. The number of benzene rings is 1. The van der Waals surface area contributed by atoms with E-state index in [2.05, 4.69) is 26.1 Å². The molecule has 0 atom stereocenters. The van der Waals surface area contributed by atoms with Crippen LogP contribution < -0.4 is 11.1 Å². The molecule has 1 fully saturated rings. The van der Waals surface area contributed by atoms with Crippen LogP contribution in [-0.4, -0.2) is 55.0 Å². The molecule has 1 amide bonds. The molecular formula is C17H22BrN5O. The van der Waals surface area contributed by atoms with Crippen molar-refractivity contribution in [1.29, 1.82) is 5.26 Å². The summed E-state index contributed by atoms with van der Waals surface area (Å²) < 4.78 is 0.888. The molecule has 3 N–H and O–H groups in total. The molecule has 0 bridgehead atoms. The number of nitrogens with zero attached hydrogens (tertiary/aromatic N) is 3. The summed E-state index contributed by atoms with van der Waals surface area (Å²) in [6.45, 7) is 6.27. The summed E-state index contributed by atoms with van der Waals surface area (Å²) in [5, 5.41) is 12.3. The summed E-state index contributed by atoms with van der Waals surface area (Å²) >= 11 is 3.47. The molecule has 0 aliphatic carbocycles. The molecule has 6 nitrogen and oxygen atoms in total. The zero-order chi connectivity index (χ0) is 17.5. The molecule has 1 aromatic carbocycles. The lowest BCUT2D eigenvalue weighted by Crippen LogP contribution is -2.50. The minimum absolute atomic E-state index is 0.106. The number of amides is 1. The standard InChI is InChI=1S/C17H22BrN5O/c1-13-2-3-16(15(18)10-13)21-12-14(11-20)17(24)23-8-6-22(5-4-19)7-9-23/h2-3,10,12,21H,4-9,19H2,1H3/b14-12-. The lowest BCUT2D eigenvalue weighted by atomic mass is 10.2. The van der Waals surface area contributed by atoms with Crippen molar-refractivity contribution >= 4 is 27.5 Å². The smallest absolute Gasteiger partial charge is 0.266 e. The zero-order valence-electron chi connectivity index (χ0n) is 13.8. The second kappa shape index (κ2) is 8.83. The summed E-state index contributed by atoms with van der Waals surface area (Å²) in [5.41, 5.74) is 7.60. The van der Waals surface area contributed by atoms with Gasteiger partial charge in [0.05, 0.1) is 5.69 Å². The van der Waals surface area contributed by atoms with Gasteiger partial charge in [-0.1, -0.05) is 6.07 Å². The SMILES string of the molecule is Cc1ccc(N/C=C(/C#N)C(=O)N2CCN(CCN)CC2)c(Br)c1. The number of nitrogens with two attached hydrogens (primary N) is 1. The van der Waals surface area contributed by atoms with Gasteiger partial charge in [-0.25, -0.2) is 0 Å². The molecule has 128 valence electrons. The Balaban J connectivity index is 2.00. The average molecular weight is 392 g/mol. The Labute approximate surface area is 151 Å². The molecule has 2 rings (SSSR count). The van der Waals surface area contributed by atoms with E-state index < -0.39 is 0 Å². The van der Waals surface area contributed by atoms with Crippen LogP contribution in [0.25, 0.3) is 0 Å². The highest BCUT2D eigenvalue weighted by Crippen LogP contribution is 2.23. The summed E-state index contributed by atoms with van der Waals surface area (Å²) in [7, 11) is 0. The Morgan fingerprint density at radius 2 is 2.12 bits per heavy atom. The summed E-state index contributed by atoms with van der Waals surface area (Å²) in [6, 6.07) is 7.84. The van der Waals surface area contributed by atoms with Crippen LogP contribution >= 0.6 is 15.9 Å². The zero-order valence-corrected chi connectivity index (χ0v) is 15.3. The monoisotopic (exact) mass is 391 g/mol. The molecule has 0 unspecified atom stereocenters. The van der Waals surface area contributed by atoms with Crippen LogP contribution in [0.4, 0.5) is 5.69 Å². The van der Waals surface area contributed by atoms with Gasteiger partial charge in [0.15, 0.2) is 0 Å². The number of anilines is 1. The van der Waals surface area contributed by atoms with Gasteiger partial charge >= 0.3 is 0 Å². The van der Waals surface area contributed by atoms with Crippen molar-refractivity contribution in [2.75, 3.05) is 44.6 Å². The molecule has 7 heteroatoms. The maximum Gasteiger partial charge on any atom is 0.266 e. The quantitative estimate of drug-likeness (QED) is 0.588. The highest BCUT2D eigenvalue weighted by molar-refractivity contribution is 9.10. The number of hydrogen-bond acceptors (Lipinski definition) is 5. The van der Waals surface area contributed by atoms with Crippen molar-refractivity contribution in [3.8, 4) is 6.07 Å². The van der Waals surface area contributed by atoms with Crippen LogP contribution in [0.2, 0.25) is 0 Å². The van der Waals surface area contributed by atoms with Crippen molar-refractivity contribution in [2.24, 2.45) is 5.73 Å². The first-order chi connectivity index (χ1) is 11.5. The summed E-state index contributed by atoms with van der Waals surface area (Å²) in [6.07, 6.45) is 1.48. The maximum atomic E-state index is 12.5. The highest BCUT2D eigenvalue weighted by Gasteiger charge is 2.23. The molecule has 0 spiro atoms. The van der Waals surface area contributed by atoms with Crippen molar-refractivity contribution in [2.45, 2.75) is 6.92 Å². The number of nitriles is 1. The number of rotatable bonds is 5. The number of carbonyl (C=O) groups is 1. The van der Waals surface area contributed by atoms with Crippen molar-refractivity contribution < 1.29 is 4.79 Å². The second-order valence-corrected chi connectivity index (χ2v) is 6.57. The molecule has 1 aliphatic heterocycles. The van der Waals surface area contributed by atoms with E-state index in [1.54, 1.807) is 4.90 Å². The second-order valence-electron chi connectivity index (χ2n) is 5.72. The van der Waals surface area contributed by atoms with Crippen LogP contribution in [-0.2, 0) is 4.79 Å². The first-order valence-corrected chi connectivity index (χ1v) is 8.69. The molecule has 24 heavy (non-hydrogen) atoms. The molecule has 1 aromatic rings. The number of halogens is 1. The van der Waals surface area contributed by atoms with Gasteiger partial charge < -0.3 is 16.0 Å². The summed E-state index contributed by atoms with van der Waals surface area (Å²) in [5.74, 6) is -0.236. The van der Waals surface area contributed by atoms with Crippen molar-refractivity contribution in [3.05, 3.63) is 40.0 Å². The third-order valence-electron chi connectivity index (χ3n) is 3.95. The molecule has 1 aliphatic rings. The molecule has 0 radical (unpaired) electrons. The van der Waals surface area contributed by atoms with Gasteiger partial charge in [-0.2, -0.15) is 5.26 Å². The van der Waals surface area contributed by atoms with Crippen LogP contribution in [0.15, 0.2) is 34.4 Å². The van der Waals surface area contributed by atoms with E-state index in [9.17, 15) is 10.1 Å². The Morgan fingerprint density at radius 1 is 1.42 bits per heavy atom.